The van der Waals surface area contributed by atoms with E-state index < -0.39 is 11.9 Å². The van der Waals surface area contributed by atoms with Crippen LogP contribution >= 0.6 is 55.1 Å². The molecule has 0 aromatic heterocycles. The van der Waals surface area contributed by atoms with Gasteiger partial charge in [-0.15, -0.1) is 0 Å². The molecule has 1 amide bonds. The molecule has 0 heterocycles. The summed E-state index contributed by atoms with van der Waals surface area (Å²) in [4.78, 5) is 24.5. The number of esters is 1. The van der Waals surface area contributed by atoms with Gasteiger partial charge < -0.3 is 9.47 Å². The molecule has 0 aliphatic carbocycles. The zero-order valence-electron chi connectivity index (χ0n) is 16.2. The number of carbonyl (C=O) groups is 2. The molecule has 1 N–H and O–H groups in total. The quantitative estimate of drug-likeness (QED) is 0.150. The Morgan fingerprint density at radius 3 is 2.50 bits per heavy atom. The zero-order valence-corrected chi connectivity index (χ0v) is 20.8. The van der Waals surface area contributed by atoms with Gasteiger partial charge in [-0.3, -0.25) is 4.79 Å². The van der Waals surface area contributed by atoms with Crippen LogP contribution in [0.5, 0.6) is 11.5 Å². The highest BCUT2D eigenvalue weighted by molar-refractivity contribution is 9.10. The average Bonchev–Trinajstić information content (AvgIpc) is 2.75. The van der Waals surface area contributed by atoms with Crippen molar-refractivity contribution < 1.29 is 19.1 Å². The summed E-state index contributed by atoms with van der Waals surface area (Å²) >= 11 is 18.6. The Morgan fingerprint density at radius 1 is 1.00 bits per heavy atom. The van der Waals surface area contributed by atoms with Crippen molar-refractivity contribution in [2.24, 2.45) is 5.10 Å². The summed E-state index contributed by atoms with van der Waals surface area (Å²) in [6, 6.07) is 16.5. The van der Waals surface area contributed by atoms with Crippen molar-refractivity contribution in [2.45, 2.75) is 0 Å². The second-order valence-electron chi connectivity index (χ2n) is 6.21. The Kier molecular flexibility index (Phi) is 8.69. The first-order valence-corrected chi connectivity index (χ1v) is 11.3. The van der Waals surface area contributed by atoms with Crippen LogP contribution in [0.25, 0.3) is 0 Å². The van der Waals surface area contributed by atoms with Crippen LogP contribution in [0.15, 0.2) is 74.7 Å². The Labute approximate surface area is 210 Å². The predicted octanol–water partition coefficient (Wildman–Crippen LogP) is 6.27. The lowest BCUT2D eigenvalue weighted by molar-refractivity contribution is -0.123. The lowest BCUT2D eigenvalue weighted by Crippen LogP contribution is -2.24. The molecule has 3 rings (SSSR count). The summed E-state index contributed by atoms with van der Waals surface area (Å²) < 4.78 is 12.3. The van der Waals surface area contributed by atoms with Gasteiger partial charge >= 0.3 is 5.97 Å². The maximum atomic E-state index is 12.5. The molecule has 0 aliphatic heterocycles. The van der Waals surface area contributed by atoms with Crippen LogP contribution in [-0.2, 0) is 4.79 Å². The number of hydrazone groups is 1. The Bertz CT molecular complexity index is 1190. The summed E-state index contributed by atoms with van der Waals surface area (Å²) in [6.07, 6.45) is 1.36. The SMILES string of the molecule is O=C(COc1ccc(Cl)cc1Br)N/N=C\c1cc(Br)ccc1OC(=O)c1ccccc1Cl. The third-order valence-corrected chi connectivity index (χ3v) is 5.59. The maximum Gasteiger partial charge on any atom is 0.345 e. The minimum atomic E-state index is -0.612. The van der Waals surface area contributed by atoms with Crippen LogP contribution in [0.4, 0.5) is 0 Å². The van der Waals surface area contributed by atoms with E-state index in [2.05, 4.69) is 42.4 Å². The number of hydrogen-bond donors (Lipinski definition) is 1. The van der Waals surface area contributed by atoms with E-state index in [1.165, 1.54) is 6.21 Å². The predicted molar refractivity (Wildman–Crippen MR) is 131 cm³/mol. The normalized spacial score (nSPS) is 10.8. The minimum absolute atomic E-state index is 0.235. The van der Waals surface area contributed by atoms with Crippen LogP contribution in [0, 0.1) is 0 Å². The first-order chi connectivity index (χ1) is 15.3. The largest absolute Gasteiger partial charge is 0.483 e. The van der Waals surface area contributed by atoms with E-state index in [0.29, 0.717) is 20.8 Å². The number of nitrogens with one attached hydrogen (secondary N) is 1. The van der Waals surface area contributed by atoms with Gasteiger partial charge in [-0.1, -0.05) is 51.3 Å². The monoisotopic (exact) mass is 598 g/mol. The first kappa shape index (κ1) is 24.3. The van der Waals surface area contributed by atoms with E-state index in [0.717, 1.165) is 4.47 Å². The fourth-order valence-corrected chi connectivity index (χ4v) is 3.83. The van der Waals surface area contributed by atoms with E-state index in [1.54, 1.807) is 60.7 Å². The fraction of sp³-hybridized carbons (Fsp3) is 0.0455. The molecular formula is C22H14Br2Cl2N2O4. The fourth-order valence-electron chi connectivity index (χ4n) is 2.44. The van der Waals surface area contributed by atoms with Crippen molar-refractivity contribution >= 4 is 73.2 Å². The van der Waals surface area contributed by atoms with Gasteiger partial charge in [0.05, 0.1) is 21.3 Å². The summed E-state index contributed by atoms with van der Waals surface area (Å²) in [7, 11) is 0. The van der Waals surface area contributed by atoms with Gasteiger partial charge in [0.15, 0.2) is 6.61 Å². The van der Waals surface area contributed by atoms with E-state index in [9.17, 15) is 9.59 Å². The van der Waals surface area contributed by atoms with Crippen LogP contribution in [0.3, 0.4) is 0 Å². The number of ether oxygens (including phenoxy) is 2. The molecule has 0 fully saturated rings. The van der Waals surface area contributed by atoms with E-state index in [1.807, 2.05) is 0 Å². The second kappa shape index (κ2) is 11.5. The van der Waals surface area contributed by atoms with Crippen LogP contribution in [-0.4, -0.2) is 24.7 Å². The molecule has 32 heavy (non-hydrogen) atoms. The lowest BCUT2D eigenvalue weighted by Gasteiger charge is -2.09. The standard InChI is InChI=1S/C22H14Br2Cl2N2O4/c23-14-5-7-19(32-22(30)16-3-1-2-4-18(16)26)13(9-14)11-27-28-21(29)12-31-20-8-6-15(25)10-17(20)24/h1-11H,12H2,(H,28,29)/b27-11-. The molecule has 0 saturated carbocycles. The third kappa shape index (κ3) is 6.80. The summed E-state index contributed by atoms with van der Waals surface area (Å²) in [5.74, 6) is -0.377. The molecule has 0 bridgehead atoms. The van der Waals surface area contributed by atoms with Gasteiger partial charge in [0.1, 0.15) is 11.5 Å². The molecular weight excluding hydrogens is 587 g/mol. The number of carbonyl (C=O) groups excluding carboxylic acids is 2. The number of amides is 1. The average molecular weight is 601 g/mol. The highest BCUT2D eigenvalue weighted by Gasteiger charge is 2.14. The topological polar surface area (TPSA) is 77.0 Å². The smallest absolute Gasteiger partial charge is 0.345 e. The Morgan fingerprint density at radius 2 is 1.75 bits per heavy atom. The number of nitrogens with zero attached hydrogens (tertiary/aromatic N) is 1. The van der Waals surface area contributed by atoms with Crippen molar-refractivity contribution in [1.29, 1.82) is 0 Å². The van der Waals surface area contributed by atoms with Gasteiger partial charge in [0, 0.05) is 15.1 Å². The molecule has 10 heteroatoms. The van der Waals surface area contributed by atoms with Gasteiger partial charge in [0.25, 0.3) is 5.91 Å². The Balaban J connectivity index is 1.63. The van der Waals surface area contributed by atoms with Crippen molar-refractivity contribution in [2.75, 3.05) is 6.61 Å². The molecule has 0 radical (unpaired) electrons. The molecule has 164 valence electrons. The molecule has 3 aromatic rings. The van der Waals surface area contributed by atoms with E-state index in [4.69, 9.17) is 32.7 Å². The van der Waals surface area contributed by atoms with Crippen molar-refractivity contribution in [1.82, 2.24) is 5.43 Å². The highest BCUT2D eigenvalue weighted by Crippen LogP contribution is 2.28. The van der Waals surface area contributed by atoms with Crippen LogP contribution < -0.4 is 14.9 Å². The van der Waals surface area contributed by atoms with Crippen molar-refractivity contribution in [3.63, 3.8) is 0 Å². The highest BCUT2D eigenvalue weighted by atomic mass is 79.9. The van der Waals surface area contributed by atoms with E-state index in [-0.39, 0.29) is 22.9 Å². The molecule has 0 aliphatic rings. The van der Waals surface area contributed by atoms with Gasteiger partial charge in [-0.25, -0.2) is 10.2 Å². The van der Waals surface area contributed by atoms with Crippen LogP contribution in [0.2, 0.25) is 10.0 Å². The molecule has 0 atom stereocenters. The van der Waals surface area contributed by atoms with E-state index >= 15 is 0 Å². The Hall–Kier alpha value is -2.39. The molecule has 6 nitrogen and oxygen atoms in total. The molecule has 0 spiro atoms. The van der Waals surface area contributed by atoms with Crippen molar-refractivity contribution in [3.8, 4) is 11.5 Å². The van der Waals surface area contributed by atoms with Gasteiger partial charge in [-0.2, -0.15) is 5.10 Å². The number of benzene rings is 3. The minimum Gasteiger partial charge on any atom is -0.483 e. The third-order valence-electron chi connectivity index (χ3n) is 3.91. The molecule has 3 aromatic carbocycles. The summed E-state index contributed by atoms with van der Waals surface area (Å²) in [6.45, 7) is -0.260. The maximum absolute atomic E-state index is 12.5. The number of halogens is 4. The first-order valence-electron chi connectivity index (χ1n) is 8.99. The summed E-state index contributed by atoms with van der Waals surface area (Å²) in [5, 5.41) is 4.74. The number of rotatable bonds is 7. The lowest BCUT2D eigenvalue weighted by atomic mass is 10.2. The second-order valence-corrected chi connectivity index (χ2v) is 8.82. The van der Waals surface area contributed by atoms with Crippen molar-refractivity contribution in [3.05, 3.63) is 90.8 Å². The zero-order chi connectivity index (χ0) is 23.1. The van der Waals surface area contributed by atoms with Gasteiger partial charge in [0.2, 0.25) is 0 Å². The molecule has 0 unspecified atom stereocenters. The number of hydrogen-bond acceptors (Lipinski definition) is 5. The van der Waals surface area contributed by atoms with Crippen LogP contribution in [0.1, 0.15) is 15.9 Å². The summed E-state index contributed by atoms with van der Waals surface area (Å²) in [5.41, 5.74) is 3.05. The molecule has 0 saturated heterocycles. The van der Waals surface area contributed by atoms with Gasteiger partial charge in [-0.05, 0) is 64.5 Å².